The lowest BCUT2D eigenvalue weighted by Gasteiger charge is -2.23. The second-order valence-electron chi connectivity index (χ2n) is 13.7. The molecule has 0 saturated carbocycles. The quantitative estimate of drug-likeness (QED) is 0.193. The van der Waals surface area contributed by atoms with Crippen LogP contribution in [0, 0.1) is 0 Å². The molecule has 2 aliphatic rings. The van der Waals surface area contributed by atoms with Gasteiger partial charge in [-0.1, -0.05) is 147 Å². The minimum atomic E-state index is -0.0577. The molecule has 0 spiro atoms. The summed E-state index contributed by atoms with van der Waals surface area (Å²) in [4.78, 5) is 0. The molecule has 48 heavy (non-hydrogen) atoms. The van der Waals surface area contributed by atoms with Crippen molar-refractivity contribution in [3.05, 3.63) is 169 Å². The number of rotatable bonds is 3. The molecule has 0 radical (unpaired) electrons. The number of fused-ring (bicyclic) bond motifs is 7. The Hall–Kier alpha value is -5.92. The van der Waals surface area contributed by atoms with E-state index in [-0.39, 0.29) is 5.41 Å². The van der Waals surface area contributed by atoms with Crippen molar-refractivity contribution in [2.45, 2.75) is 19.3 Å². The zero-order valence-electron chi connectivity index (χ0n) is 26.9. The lowest BCUT2D eigenvalue weighted by atomic mass is 9.80. The van der Waals surface area contributed by atoms with Crippen LogP contribution in [-0.2, 0) is 5.41 Å². The van der Waals surface area contributed by atoms with Gasteiger partial charge in [-0.15, -0.1) is 0 Å². The molecule has 8 aromatic carbocycles. The molecule has 1 aliphatic heterocycles. The van der Waals surface area contributed by atoms with Crippen LogP contribution in [0.15, 0.2) is 158 Å². The van der Waals surface area contributed by atoms with Crippen molar-refractivity contribution in [2.75, 3.05) is 0 Å². The molecular formula is C47H32O. The fourth-order valence-corrected chi connectivity index (χ4v) is 8.31. The highest BCUT2D eigenvalue weighted by Crippen LogP contribution is 2.53. The zero-order chi connectivity index (χ0) is 32.0. The highest BCUT2D eigenvalue weighted by atomic mass is 16.5. The molecule has 0 unspecified atom stereocenters. The summed E-state index contributed by atoms with van der Waals surface area (Å²) in [7, 11) is 0. The fourth-order valence-electron chi connectivity index (χ4n) is 8.31. The Balaban J connectivity index is 1.07. The van der Waals surface area contributed by atoms with Crippen LogP contribution in [-0.4, -0.2) is 0 Å². The van der Waals surface area contributed by atoms with Gasteiger partial charge in [0.05, 0.1) is 0 Å². The van der Waals surface area contributed by atoms with Crippen LogP contribution in [0.3, 0.4) is 0 Å². The molecule has 10 rings (SSSR count). The molecule has 1 nitrogen and oxygen atoms in total. The van der Waals surface area contributed by atoms with E-state index in [0.29, 0.717) is 0 Å². The normalized spacial score (nSPS) is 13.5. The van der Waals surface area contributed by atoms with Crippen LogP contribution < -0.4 is 4.74 Å². The van der Waals surface area contributed by atoms with Crippen LogP contribution in [0.25, 0.3) is 77.2 Å². The predicted octanol–water partition coefficient (Wildman–Crippen LogP) is 13.1. The van der Waals surface area contributed by atoms with E-state index < -0.39 is 0 Å². The van der Waals surface area contributed by atoms with Crippen LogP contribution in [0.5, 0.6) is 11.5 Å². The van der Waals surface area contributed by atoms with E-state index in [0.717, 1.165) is 22.6 Å². The Morgan fingerprint density at radius 2 is 1.02 bits per heavy atom. The van der Waals surface area contributed by atoms with E-state index in [2.05, 4.69) is 172 Å². The van der Waals surface area contributed by atoms with Crippen LogP contribution in [0.2, 0.25) is 0 Å². The summed E-state index contributed by atoms with van der Waals surface area (Å²) in [5.74, 6) is 1.81. The van der Waals surface area contributed by atoms with Gasteiger partial charge in [-0.3, -0.25) is 0 Å². The molecule has 0 fully saturated rings. The first kappa shape index (κ1) is 27.2. The molecule has 1 aliphatic carbocycles. The molecule has 1 heterocycles. The fraction of sp³-hybridized carbons (Fsp3) is 0.0638. The predicted molar refractivity (Wildman–Crippen MR) is 201 cm³/mol. The Kier molecular flexibility index (Phi) is 5.69. The van der Waals surface area contributed by atoms with E-state index >= 15 is 0 Å². The molecule has 0 bridgehead atoms. The van der Waals surface area contributed by atoms with Crippen LogP contribution >= 0.6 is 0 Å². The largest absolute Gasteiger partial charge is 0.456 e. The summed E-state index contributed by atoms with van der Waals surface area (Å²) >= 11 is 0. The monoisotopic (exact) mass is 612 g/mol. The number of hydrogen-bond acceptors (Lipinski definition) is 1. The van der Waals surface area contributed by atoms with Crippen molar-refractivity contribution in [1.29, 1.82) is 0 Å². The number of benzene rings is 8. The number of hydrogen-bond donors (Lipinski definition) is 0. The second kappa shape index (κ2) is 10.0. The Bertz CT molecular complexity index is 2590. The van der Waals surface area contributed by atoms with Gasteiger partial charge in [-0.25, -0.2) is 0 Å². The Morgan fingerprint density at radius 3 is 1.85 bits per heavy atom. The molecule has 8 aromatic rings. The van der Waals surface area contributed by atoms with Gasteiger partial charge in [0, 0.05) is 16.4 Å². The second-order valence-corrected chi connectivity index (χ2v) is 13.7. The SMILES string of the molecule is CC1(C)c2ccccc2-c2c1cc(-c1ccc(-c3ccc4c5c(cccc35)-c3ccc(-c5ccccc5)cc3O4)cc1)c1ccccc21. The molecule has 0 amide bonds. The van der Waals surface area contributed by atoms with Gasteiger partial charge in [0.25, 0.3) is 0 Å². The van der Waals surface area contributed by atoms with Gasteiger partial charge in [-0.2, -0.15) is 0 Å². The summed E-state index contributed by atoms with van der Waals surface area (Å²) in [6.45, 7) is 4.73. The smallest absolute Gasteiger partial charge is 0.135 e. The van der Waals surface area contributed by atoms with E-state index in [9.17, 15) is 0 Å². The first-order valence-electron chi connectivity index (χ1n) is 16.8. The molecule has 0 aromatic heterocycles. The lowest BCUT2D eigenvalue weighted by molar-refractivity contribution is 0.487. The van der Waals surface area contributed by atoms with Gasteiger partial charge in [0.2, 0.25) is 0 Å². The van der Waals surface area contributed by atoms with E-state index in [1.54, 1.807) is 0 Å². The van der Waals surface area contributed by atoms with Gasteiger partial charge < -0.3 is 4.74 Å². The van der Waals surface area contributed by atoms with Crippen molar-refractivity contribution in [3.63, 3.8) is 0 Å². The van der Waals surface area contributed by atoms with Crippen molar-refractivity contribution in [3.8, 4) is 67.1 Å². The molecular weight excluding hydrogens is 581 g/mol. The van der Waals surface area contributed by atoms with Gasteiger partial charge in [0.15, 0.2) is 0 Å². The summed E-state index contributed by atoms with van der Waals surface area (Å²) in [5.41, 5.74) is 15.1. The van der Waals surface area contributed by atoms with Crippen molar-refractivity contribution < 1.29 is 4.74 Å². The number of ether oxygens (including phenoxy) is 1. The maximum Gasteiger partial charge on any atom is 0.135 e. The van der Waals surface area contributed by atoms with E-state index in [1.165, 1.54) is 77.2 Å². The maximum atomic E-state index is 6.60. The molecule has 226 valence electrons. The average molecular weight is 613 g/mol. The Labute approximate surface area is 280 Å². The minimum absolute atomic E-state index is 0.0577. The topological polar surface area (TPSA) is 9.23 Å². The highest BCUT2D eigenvalue weighted by Gasteiger charge is 2.37. The zero-order valence-corrected chi connectivity index (χ0v) is 26.9. The summed E-state index contributed by atoms with van der Waals surface area (Å²) < 4.78 is 6.60. The van der Waals surface area contributed by atoms with E-state index in [4.69, 9.17) is 4.74 Å². The third-order valence-corrected chi connectivity index (χ3v) is 10.7. The molecule has 1 heteroatoms. The lowest BCUT2D eigenvalue weighted by Crippen LogP contribution is -2.15. The van der Waals surface area contributed by atoms with Gasteiger partial charge >= 0.3 is 0 Å². The van der Waals surface area contributed by atoms with Crippen molar-refractivity contribution in [1.82, 2.24) is 0 Å². The van der Waals surface area contributed by atoms with Crippen molar-refractivity contribution in [2.24, 2.45) is 0 Å². The van der Waals surface area contributed by atoms with Crippen LogP contribution in [0.1, 0.15) is 25.0 Å². The van der Waals surface area contributed by atoms with Gasteiger partial charge in [-0.05, 0) is 102 Å². The molecule has 0 atom stereocenters. The summed E-state index contributed by atoms with van der Waals surface area (Å²) in [5, 5.41) is 5.00. The van der Waals surface area contributed by atoms with Crippen LogP contribution in [0.4, 0.5) is 0 Å². The van der Waals surface area contributed by atoms with Gasteiger partial charge in [0.1, 0.15) is 11.5 Å². The molecule has 0 saturated heterocycles. The summed E-state index contributed by atoms with van der Waals surface area (Å²) in [6, 6.07) is 57.5. The first-order chi connectivity index (χ1) is 23.6. The third-order valence-electron chi connectivity index (χ3n) is 10.7. The Morgan fingerprint density at radius 1 is 0.375 bits per heavy atom. The third kappa shape index (κ3) is 3.85. The van der Waals surface area contributed by atoms with Crippen molar-refractivity contribution >= 4 is 21.5 Å². The standard InChI is InChI=1S/C47H32O/c1-47(2)41-18-9-8-15-39(41)45-37-14-7-6-13-34(37)40(28-42(45)47)31-21-19-30(20-22-31)33-25-26-43-46-36(33)16-10-17-38(46)35-24-23-32(27-44(35)48-43)29-11-4-3-5-12-29/h3-28H,1-2H3. The minimum Gasteiger partial charge on any atom is -0.456 e. The highest BCUT2D eigenvalue weighted by molar-refractivity contribution is 6.11. The molecule has 0 N–H and O–H groups in total. The first-order valence-corrected chi connectivity index (χ1v) is 16.8. The van der Waals surface area contributed by atoms with E-state index in [1.807, 2.05) is 0 Å². The average Bonchev–Trinajstić information content (AvgIpc) is 3.38. The summed E-state index contributed by atoms with van der Waals surface area (Å²) in [6.07, 6.45) is 0. The maximum absolute atomic E-state index is 6.60.